The molecule has 3 aliphatic heterocycles. The van der Waals surface area contributed by atoms with E-state index in [1.807, 2.05) is 43.3 Å². The molecule has 0 radical (unpaired) electrons. The zero-order valence-corrected chi connectivity index (χ0v) is 26.6. The Bertz CT molecular complexity index is 1350. The van der Waals surface area contributed by atoms with Crippen LogP contribution in [-0.4, -0.2) is 116 Å². The lowest BCUT2D eigenvalue weighted by molar-refractivity contribution is -0.125. The number of likely N-dealkylation sites (N-methyl/N-ethyl adjacent to an activating group) is 1. The number of ketones is 1. The van der Waals surface area contributed by atoms with Crippen LogP contribution in [0.3, 0.4) is 0 Å². The van der Waals surface area contributed by atoms with Crippen LogP contribution in [0, 0.1) is 11.3 Å². The maximum absolute atomic E-state index is 13.4. The van der Waals surface area contributed by atoms with Gasteiger partial charge in [0.05, 0.1) is 23.4 Å². The third kappa shape index (κ3) is 7.04. The van der Waals surface area contributed by atoms with Crippen LogP contribution in [0.4, 0.5) is 0 Å². The first-order chi connectivity index (χ1) is 20.6. The highest BCUT2D eigenvalue weighted by Gasteiger charge is 2.42. The number of carbonyl (C=O) groups excluding carboxylic acids is 2. The Morgan fingerprint density at radius 2 is 1.72 bits per heavy atom. The minimum Gasteiger partial charge on any atom is -0.349 e. The summed E-state index contributed by atoms with van der Waals surface area (Å²) in [4.78, 5) is 33.3. The molecular weight excluding hydrogens is 564 g/mol. The molecule has 3 fully saturated rings. The Labute approximate surface area is 256 Å². The fraction of sp³-hybridized carbons (Fsp3) is 0.656. The average molecular weight is 611 g/mol. The number of rotatable bonds is 11. The molecule has 3 unspecified atom stereocenters. The number of amides is 1. The topological polar surface area (TPSA) is 117 Å². The third-order valence-electron chi connectivity index (χ3n) is 9.95. The standard InChI is InChI=1S/C32H46N6O4S/c1-35(2)30-28-9-5-4-8-23(28)20-29(31(30)39)32(40)34-24-21-26-10-11-27(22-24)38(26)16-7-19-43(41,42)36(3)25-12-17-37(18-13-25)15-6-14-33/h4-5,8-9,20,24-27,30H,6-7,10-13,15-19,21-22H2,1-3H3,(H,34,40). The van der Waals surface area contributed by atoms with Crippen LogP contribution in [-0.2, 0) is 19.6 Å². The quantitative estimate of drug-likeness (QED) is 0.380. The molecule has 3 saturated heterocycles. The molecule has 3 heterocycles. The van der Waals surface area contributed by atoms with Gasteiger partial charge in [0.15, 0.2) is 5.78 Å². The van der Waals surface area contributed by atoms with Crippen LogP contribution < -0.4 is 5.32 Å². The van der Waals surface area contributed by atoms with Crippen molar-refractivity contribution in [1.82, 2.24) is 24.3 Å². The summed E-state index contributed by atoms with van der Waals surface area (Å²) in [6, 6.07) is 10.1. The second kappa shape index (κ2) is 13.6. The Hall–Kier alpha value is -2.62. The van der Waals surface area contributed by atoms with Gasteiger partial charge in [0.1, 0.15) is 0 Å². The number of carbonyl (C=O) groups is 2. The lowest BCUT2D eigenvalue weighted by Gasteiger charge is -2.39. The Balaban J connectivity index is 1.11. The minimum atomic E-state index is -3.35. The molecule has 1 aromatic carbocycles. The van der Waals surface area contributed by atoms with Crippen LogP contribution in [0.1, 0.15) is 68.5 Å². The molecule has 1 aromatic rings. The molecule has 5 rings (SSSR count). The Kier molecular flexibility index (Phi) is 10.0. The summed E-state index contributed by atoms with van der Waals surface area (Å²) in [5.41, 5.74) is 2.04. The molecule has 0 aromatic heterocycles. The molecular formula is C32H46N6O4S. The summed E-state index contributed by atoms with van der Waals surface area (Å²) in [6.07, 6.45) is 8.15. The van der Waals surface area contributed by atoms with Gasteiger partial charge in [-0.05, 0) is 95.9 Å². The third-order valence-corrected chi connectivity index (χ3v) is 11.9. The van der Waals surface area contributed by atoms with Gasteiger partial charge < -0.3 is 10.2 Å². The van der Waals surface area contributed by atoms with Crippen molar-refractivity contribution in [2.75, 3.05) is 53.1 Å². The molecule has 0 spiro atoms. The average Bonchev–Trinajstić information content (AvgIpc) is 3.22. The molecule has 3 atom stereocenters. The van der Waals surface area contributed by atoms with Crippen molar-refractivity contribution in [2.24, 2.45) is 0 Å². The van der Waals surface area contributed by atoms with Crippen molar-refractivity contribution >= 4 is 27.8 Å². The van der Waals surface area contributed by atoms with E-state index in [2.05, 4.69) is 21.2 Å². The highest BCUT2D eigenvalue weighted by molar-refractivity contribution is 7.89. The normalized spacial score (nSPS) is 26.8. The van der Waals surface area contributed by atoms with Crippen molar-refractivity contribution in [3.05, 3.63) is 41.0 Å². The number of likely N-dealkylation sites (tertiary alicyclic amines) is 1. The molecule has 4 aliphatic rings. The van der Waals surface area contributed by atoms with Crippen molar-refractivity contribution < 1.29 is 18.0 Å². The van der Waals surface area contributed by atoms with Gasteiger partial charge in [-0.25, -0.2) is 12.7 Å². The van der Waals surface area contributed by atoms with E-state index in [4.69, 9.17) is 5.26 Å². The molecule has 1 aliphatic carbocycles. The first kappa shape index (κ1) is 31.8. The number of hydrogen-bond donors (Lipinski definition) is 1. The zero-order valence-electron chi connectivity index (χ0n) is 25.7. The predicted molar refractivity (Wildman–Crippen MR) is 166 cm³/mol. The summed E-state index contributed by atoms with van der Waals surface area (Å²) >= 11 is 0. The van der Waals surface area contributed by atoms with Crippen LogP contribution >= 0.6 is 0 Å². The number of fused-ring (bicyclic) bond motifs is 3. The van der Waals surface area contributed by atoms with E-state index in [-0.39, 0.29) is 35.1 Å². The molecule has 43 heavy (non-hydrogen) atoms. The monoisotopic (exact) mass is 610 g/mol. The molecule has 10 nitrogen and oxygen atoms in total. The molecule has 1 N–H and O–H groups in total. The van der Waals surface area contributed by atoms with E-state index in [0.29, 0.717) is 24.9 Å². The summed E-state index contributed by atoms with van der Waals surface area (Å²) in [5.74, 6) is -0.328. The molecule has 11 heteroatoms. The summed E-state index contributed by atoms with van der Waals surface area (Å²) in [6.45, 7) is 3.15. The van der Waals surface area contributed by atoms with Crippen molar-refractivity contribution in [3.8, 4) is 6.07 Å². The highest BCUT2D eigenvalue weighted by Crippen LogP contribution is 2.37. The number of nitrogens with zero attached hydrogens (tertiary/aromatic N) is 5. The van der Waals surface area contributed by atoms with Gasteiger partial charge in [-0.3, -0.25) is 19.4 Å². The molecule has 0 saturated carbocycles. The highest BCUT2D eigenvalue weighted by atomic mass is 32.2. The van der Waals surface area contributed by atoms with Gasteiger partial charge in [0.25, 0.3) is 5.91 Å². The molecule has 2 bridgehead atoms. The Morgan fingerprint density at radius 1 is 1.05 bits per heavy atom. The molecule has 1 amide bonds. The van der Waals surface area contributed by atoms with E-state index >= 15 is 0 Å². The first-order valence-electron chi connectivity index (χ1n) is 15.7. The lowest BCUT2D eigenvalue weighted by Crippen LogP contribution is -2.51. The summed E-state index contributed by atoms with van der Waals surface area (Å²) in [5, 5.41) is 12.0. The van der Waals surface area contributed by atoms with Crippen LogP contribution in [0.15, 0.2) is 29.8 Å². The second-order valence-corrected chi connectivity index (χ2v) is 15.0. The minimum absolute atomic E-state index is 0.00109. The zero-order chi connectivity index (χ0) is 30.7. The number of nitrogens with one attached hydrogen (secondary N) is 1. The van der Waals surface area contributed by atoms with Gasteiger partial charge in [-0.2, -0.15) is 5.26 Å². The number of piperidine rings is 2. The Morgan fingerprint density at radius 3 is 2.37 bits per heavy atom. The van der Waals surface area contributed by atoms with Crippen LogP contribution in [0.5, 0.6) is 0 Å². The van der Waals surface area contributed by atoms with E-state index < -0.39 is 16.1 Å². The fourth-order valence-electron chi connectivity index (χ4n) is 7.63. The van der Waals surface area contributed by atoms with Gasteiger partial charge in [0.2, 0.25) is 10.0 Å². The van der Waals surface area contributed by atoms with Crippen molar-refractivity contribution in [1.29, 1.82) is 5.26 Å². The molecule has 234 valence electrons. The predicted octanol–water partition coefficient (Wildman–Crippen LogP) is 2.40. The van der Waals surface area contributed by atoms with Gasteiger partial charge >= 0.3 is 0 Å². The first-order valence-corrected chi connectivity index (χ1v) is 17.3. The largest absolute Gasteiger partial charge is 0.349 e. The summed E-state index contributed by atoms with van der Waals surface area (Å²) in [7, 11) is 2.09. The maximum atomic E-state index is 13.4. The lowest BCUT2D eigenvalue weighted by atomic mass is 9.85. The fourth-order valence-corrected chi connectivity index (χ4v) is 9.08. The van der Waals surface area contributed by atoms with E-state index in [9.17, 15) is 18.0 Å². The van der Waals surface area contributed by atoms with Crippen LogP contribution in [0.2, 0.25) is 0 Å². The number of hydrogen-bond acceptors (Lipinski definition) is 8. The SMILES string of the molecule is CN(C)C1C(=O)C(C(=O)NC2CC3CCC(C2)N3CCCS(=O)(=O)N(C)C2CCN(CCC#N)CC2)=Cc2ccccc21. The van der Waals surface area contributed by atoms with Crippen molar-refractivity contribution in [3.63, 3.8) is 0 Å². The van der Waals surface area contributed by atoms with Crippen molar-refractivity contribution in [2.45, 2.75) is 81.6 Å². The van der Waals surface area contributed by atoms with Gasteiger partial charge in [-0.1, -0.05) is 24.3 Å². The summed E-state index contributed by atoms with van der Waals surface area (Å²) < 4.78 is 27.9. The van der Waals surface area contributed by atoms with E-state index in [1.165, 1.54) is 0 Å². The smallest absolute Gasteiger partial charge is 0.255 e. The number of nitriles is 1. The van der Waals surface area contributed by atoms with E-state index in [0.717, 1.165) is 75.8 Å². The maximum Gasteiger partial charge on any atom is 0.255 e. The second-order valence-electron chi connectivity index (χ2n) is 12.8. The number of sulfonamides is 1. The van der Waals surface area contributed by atoms with E-state index in [1.54, 1.807) is 17.4 Å². The van der Waals surface area contributed by atoms with Crippen LogP contribution in [0.25, 0.3) is 6.08 Å². The number of benzene rings is 1. The van der Waals surface area contributed by atoms with Gasteiger partial charge in [-0.15, -0.1) is 0 Å². The van der Waals surface area contributed by atoms with Gasteiger partial charge in [0, 0.05) is 44.2 Å². The number of Topliss-reactive ketones (excluding diaryl/α,β-unsaturated/α-hetero) is 1.